The third-order valence-electron chi connectivity index (χ3n) is 3.67. The van der Waals surface area contributed by atoms with Crippen LogP contribution < -0.4 is 4.90 Å². The van der Waals surface area contributed by atoms with Gasteiger partial charge in [0.2, 0.25) is 5.28 Å². The molecular weight excluding hydrogens is 246 g/mol. The zero-order valence-corrected chi connectivity index (χ0v) is 11.5. The monoisotopic (exact) mass is 261 g/mol. The zero-order chi connectivity index (χ0) is 12.7. The molecule has 1 aromatic carbocycles. The Hall–Kier alpha value is -1.35. The molecule has 0 saturated carbocycles. The fourth-order valence-electron chi connectivity index (χ4n) is 2.51. The lowest BCUT2D eigenvalue weighted by molar-refractivity contribution is 0.939. The summed E-state index contributed by atoms with van der Waals surface area (Å²) >= 11 is 6.05. The number of anilines is 1. The van der Waals surface area contributed by atoms with Crippen LogP contribution in [0.25, 0.3) is 10.9 Å². The second kappa shape index (κ2) is 4.39. The molecular formula is C14H16ClN3. The first-order valence-corrected chi connectivity index (χ1v) is 6.72. The highest BCUT2D eigenvalue weighted by Crippen LogP contribution is 2.29. The van der Waals surface area contributed by atoms with Crippen LogP contribution in [0, 0.1) is 13.8 Å². The second-order valence-corrected chi connectivity index (χ2v) is 5.30. The van der Waals surface area contributed by atoms with E-state index in [2.05, 4.69) is 40.8 Å². The summed E-state index contributed by atoms with van der Waals surface area (Å²) in [6, 6.07) is 4.27. The Balaban J connectivity index is 2.25. The third-order valence-corrected chi connectivity index (χ3v) is 3.84. The fraction of sp³-hybridized carbons (Fsp3) is 0.429. The van der Waals surface area contributed by atoms with Crippen LogP contribution in [0.5, 0.6) is 0 Å². The van der Waals surface area contributed by atoms with Crippen LogP contribution in [0.1, 0.15) is 24.0 Å². The molecule has 0 amide bonds. The molecule has 0 unspecified atom stereocenters. The fourth-order valence-corrected chi connectivity index (χ4v) is 2.69. The minimum absolute atomic E-state index is 0.340. The van der Waals surface area contributed by atoms with Crippen molar-refractivity contribution in [3.63, 3.8) is 0 Å². The molecule has 3 nitrogen and oxygen atoms in total. The predicted molar refractivity (Wildman–Crippen MR) is 75.5 cm³/mol. The lowest BCUT2D eigenvalue weighted by atomic mass is 10.1. The summed E-state index contributed by atoms with van der Waals surface area (Å²) in [5, 5.41) is 1.46. The van der Waals surface area contributed by atoms with E-state index >= 15 is 0 Å². The van der Waals surface area contributed by atoms with E-state index in [1.807, 2.05) is 0 Å². The van der Waals surface area contributed by atoms with Crippen molar-refractivity contribution >= 4 is 28.3 Å². The molecule has 4 heteroatoms. The normalized spacial score (nSPS) is 15.6. The van der Waals surface area contributed by atoms with Gasteiger partial charge in [0.05, 0.1) is 5.52 Å². The van der Waals surface area contributed by atoms with E-state index in [0.717, 1.165) is 29.8 Å². The molecule has 0 radical (unpaired) electrons. The largest absolute Gasteiger partial charge is 0.356 e. The maximum absolute atomic E-state index is 6.05. The van der Waals surface area contributed by atoms with Gasteiger partial charge in [0.25, 0.3) is 0 Å². The Morgan fingerprint density at radius 3 is 2.44 bits per heavy atom. The summed E-state index contributed by atoms with van der Waals surface area (Å²) in [6.45, 7) is 6.35. The SMILES string of the molecule is Cc1cc2nc(Cl)nc(N3CCCC3)c2cc1C. The van der Waals surface area contributed by atoms with Gasteiger partial charge in [-0.1, -0.05) is 0 Å². The van der Waals surface area contributed by atoms with Crippen molar-refractivity contribution < 1.29 is 0 Å². The summed E-state index contributed by atoms with van der Waals surface area (Å²) in [6.07, 6.45) is 2.46. The van der Waals surface area contributed by atoms with E-state index < -0.39 is 0 Å². The molecule has 2 aromatic rings. The van der Waals surface area contributed by atoms with E-state index in [0.29, 0.717) is 5.28 Å². The van der Waals surface area contributed by atoms with Crippen LogP contribution in [0.2, 0.25) is 5.28 Å². The first-order valence-electron chi connectivity index (χ1n) is 6.34. The topological polar surface area (TPSA) is 29.0 Å². The molecule has 94 valence electrons. The van der Waals surface area contributed by atoms with Gasteiger partial charge < -0.3 is 4.90 Å². The number of nitrogens with zero attached hydrogens (tertiary/aromatic N) is 3. The Bertz CT molecular complexity index is 604. The van der Waals surface area contributed by atoms with Gasteiger partial charge in [0.1, 0.15) is 5.82 Å². The summed E-state index contributed by atoms with van der Waals surface area (Å²) in [7, 11) is 0. The standard InChI is InChI=1S/C14H16ClN3/c1-9-7-11-12(8-10(9)2)16-14(15)17-13(11)18-5-3-4-6-18/h7-8H,3-6H2,1-2H3. The molecule has 0 bridgehead atoms. The number of benzene rings is 1. The van der Waals surface area contributed by atoms with Crippen molar-refractivity contribution in [3.05, 3.63) is 28.5 Å². The number of aromatic nitrogens is 2. The minimum Gasteiger partial charge on any atom is -0.356 e. The minimum atomic E-state index is 0.340. The van der Waals surface area contributed by atoms with Gasteiger partial charge in [-0.15, -0.1) is 0 Å². The number of aryl methyl sites for hydroxylation is 2. The van der Waals surface area contributed by atoms with E-state index in [1.54, 1.807) is 0 Å². The van der Waals surface area contributed by atoms with Gasteiger partial charge in [-0.2, -0.15) is 4.98 Å². The quantitative estimate of drug-likeness (QED) is 0.736. The highest BCUT2D eigenvalue weighted by Gasteiger charge is 2.18. The summed E-state index contributed by atoms with van der Waals surface area (Å²) in [5.74, 6) is 0.991. The molecule has 1 aliphatic rings. The van der Waals surface area contributed by atoms with Crippen molar-refractivity contribution in [3.8, 4) is 0 Å². The lowest BCUT2D eigenvalue weighted by Gasteiger charge is -2.19. The van der Waals surface area contributed by atoms with Crippen LogP contribution in [-0.2, 0) is 0 Å². The maximum atomic E-state index is 6.05. The molecule has 0 spiro atoms. The first-order chi connectivity index (χ1) is 8.65. The summed E-state index contributed by atoms with van der Waals surface area (Å²) < 4.78 is 0. The molecule has 0 aliphatic carbocycles. The molecule has 2 heterocycles. The highest BCUT2D eigenvalue weighted by atomic mass is 35.5. The maximum Gasteiger partial charge on any atom is 0.224 e. The van der Waals surface area contributed by atoms with Gasteiger partial charge in [0.15, 0.2) is 0 Å². The number of hydrogen-bond donors (Lipinski definition) is 0. The second-order valence-electron chi connectivity index (χ2n) is 4.96. The molecule has 18 heavy (non-hydrogen) atoms. The van der Waals surface area contributed by atoms with Crippen LogP contribution in [0.15, 0.2) is 12.1 Å². The summed E-state index contributed by atoms with van der Waals surface area (Å²) in [5.41, 5.74) is 3.46. The Morgan fingerprint density at radius 1 is 1.06 bits per heavy atom. The Labute approximate surface area is 112 Å². The van der Waals surface area contributed by atoms with Crippen LogP contribution >= 0.6 is 11.6 Å². The van der Waals surface area contributed by atoms with Gasteiger partial charge in [-0.25, -0.2) is 4.98 Å². The molecule has 1 aromatic heterocycles. The van der Waals surface area contributed by atoms with Crippen molar-refractivity contribution in [1.29, 1.82) is 0 Å². The number of fused-ring (bicyclic) bond motifs is 1. The average molecular weight is 262 g/mol. The number of halogens is 1. The Kier molecular flexibility index (Phi) is 2.86. The van der Waals surface area contributed by atoms with E-state index in [-0.39, 0.29) is 0 Å². The molecule has 1 aliphatic heterocycles. The van der Waals surface area contributed by atoms with Gasteiger partial charge in [-0.3, -0.25) is 0 Å². The molecule has 0 atom stereocenters. The number of hydrogen-bond acceptors (Lipinski definition) is 3. The predicted octanol–water partition coefficient (Wildman–Crippen LogP) is 3.50. The van der Waals surface area contributed by atoms with E-state index in [4.69, 9.17) is 11.6 Å². The Morgan fingerprint density at radius 2 is 1.72 bits per heavy atom. The first kappa shape index (κ1) is 11.7. The lowest BCUT2D eigenvalue weighted by Crippen LogP contribution is -2.19. The van der Waals surface area contributed by atoms with E-state index in [9.17, 15) is 0 Å². The van der Waals surface area contributed by atoms with Crippen LogP contribution in [-0.4, -0.2) is 23.1 Å². The average Bonchev–Trinajstić information content (AvgIpc) is 2.84. The molecule has 1 fully saturated rings. The van der Waals surface area contributed by atoms with Gasteiger partial charge >= 0.3 is 0 Å². The van der Waals surface area contributed by atoms with Crippen molar-refractivity contribution in [2.24, 2.45) is 0 Å². The van der Waals surface area contributed by atoms with Crippen molar-refractivity contribution in [2.75, 3.05) is 18.0 Å². The van der Waals surface area contributed by atoms with Crippen LogP contribution in [0.3, 0.4) is 0 Å². The highest BCUT2D eigenvalue weighted by molar-refractivity contribution is 6.28. The summed E-state index contributed by atoms with van der Waals surface area (Å²) in [4.78, 5) is 11.1. The molecule has 1 saturated heterocycles. The molecule has 0 N–H and O–H groups in total. The number of rotatable bonds is 1. The van der Waals surface area contributed by atoms with Gasteiger partial charge in [0, 0.05) is 18.5 Å². The zero-order valence-electron chi connectivity index (χ0n) is 10.7. The van der Waals surface area contributed by atoms with Crippen LogP contribution in [0.4, 0.5) is 5.82 Å². The van der Waals surface area contributed by atoms with Crippen molar-refractivity contribution in [1.82, 2.24) is 9.97 Å². The van der Waals surface area contributed by atoms with E-state index in [1.165, 1.54) is 24.0 Å². The smallest absolute Gasteiger partial charge is 0.224 e. The van der Waals surface area contributed by atoms with Crippen molar-refractivity contribution in [2.45, 2.75) is 26.7 Å². The van der Waals surface area contributed by atoms with Gasteiger partial charge in [-0.05, 0) is 61.5 Å². The third kappa shape index (κ3) is 1.93. The molecule has 3 rings (SSSR count).